The topological polar surface area (TPSA) is 50.9 Å². The monoisotopic (exact) mass is 287 g/mol. The van der Waals surface area contributed by atoms with Gasteiger partial charge < -0.3 is 5.11 Å². The van der Waals surface area contributed by atoms with E-state index in [0.717, 1.165) is 22.2 Å². The average molecular weight is 288 g/mol. The van der Waals surface area contributed by atoms with Crippen LogP contribution in [0.1, 0.15) is 16.7 Å². The Morgan fingerprint density at radius 3 is 2.45 bits per heavy atom. The zero-order valence-corrected chi connectivity index (χ0v) is 12.2. The van der Waals surface area contributed by atoms with E-state index in [1.54, 1.807) is 12.1 Å². The second kappa shape index (κ2) is 4.49. The number of phenols is 1. The van der Waals surface area contributed by atoms with Gasteiger partial charge in [-0.25, -0.2) is 0 Å². The molecule has 2 aromatic carbocycles. The molecule has 1 N–H and O–H groups in total. The van der Waals surface area contributed by atoms with Crippen molar-refractivity contribution in [1.82, 2.24) is 15.0 Å². The van der Waals surface area contributed by atoms with Crippen molar-refractivity contribution in [2.45, 2.75) is 20.8 Å². The fraction of sp³-hybridized carbons (Fsp3) is 0.200. The number of nitrogens with zero attached hydrogens (tertiary/aromatic N) is 3. The molecule has 0 saturated carbocycles. The van der Waals surface area contributed by atoms with Gasteiger partial charge in [-0.15, -0.1) is 15.0 Å². The smallest absolute Gasteiger partial charge is 0.146 e. The van der Waals surface area contributed by atoms with E-state index in [9.17, 15) is 5.11 Å². The Balaban J connectivity index is 2.30. The van der Waals surface area contributed by atoms with Gasteiger partial charge in [-0.1, -0.05) is 17.7 Å². The fourth-order valence-electron chi connectivity index (χ4n) is 2.28. The van der Waals surface area contributed by atoms with Crippen LogP contribution < -0.4 is 0 Å². The first-order valence-electron chi connectivity index (χ1n) is 6.30. The molecule has 1 heterocycles. The number of benzene rings is 2. The number of aryl methyl sites for hydroxylation is 2. The van der Waals surface area contributed by atoms with Crippen LogP contribution >= 0.6 is 11.6 Å². The summed E-state index contributed by atoms with van der Waals surface area (Å²) in [6.45, 7) is 5.82. The lowest BCUT2D eigenvalue weighted by Crippen LogP contribution is -2.04. The Morgan fingerprint density at radius 1 is 1.00 bits per heavy atom. The van der Waals surface area contributed by atoms with Crippen molar-refractivity contribution in [3.05, 3.63) is 46.0 Å². The Bertz CT molecular complexity index is 797. The molecule has 102 valence electrons. The van der Waals surface area contributed by atoms with Crippen molar-refractivity contribution in [3.63, 3.8) is 0 Å². The van der Waals surface area contributed by atoms with Gasteiger partial charge in [-0.3, -0.25) is 0 Å². The Hall–Kier alpha value is -2.07. The minimum Gasteiger partial charge on any atom is -0.505 e. The predicted octanol–water partition coefficient (Wildman–Crippen LogP) is 3.70. The summed E-state index contributed by atoms with van der Waals surface area (Å²) < 4.78 is 0. The lowest BCUT2D eigenvalue weighted by atomic mass is 10.0. The number of rotatable bonds is 1. The van der Waals surface area contributed by atoms with Gasteiger partial charge in [-0.05, 0) is 55.7 Å². The molecule has 3 rings (SSSR count). The van der Waals surface area contributed by atoms with Gasteiger partial charge in [0.15, 0.2) is 0 Å². The summed E-state index contributed by atoms with van der Waals surface area (Å²) in [6.07, 6.45) is 0. The van der Waals surface area contributed by atoms with Gasteiger partial charge in [0.05, 0.1) is 0 Å². The highest BCUT2D eigenvalue weighted by Crippen LogP contribution is 2.31. The molecule has 1 aromatic heterocycles. The first kappa shape index (κ1) is 12.9. The Kier molecular flexibility index (Phi) is 2.91. The summed E-state index contributed by atoms with van der Waals surface area (Å²) in [5, 5.41) is 19.7. The minimum atomic E-state index is 0.208. The number of hydrogen-bond acceptors (Lipinski definition) is 3. The van der Waals surface area contributed by atoms with Gasteiger partial charge in [-0.2, -0.15) is 0 Å². The van der Waals surface area contributed by atoms with E-state index in [2.05, 4.69) is 10.2 Å². The van der Waals surface area contributed by atoms with Crippen LogP contribution in [-0.4, -0.2) is 20.1 Å². The predicted molar refractivity (Wildman–Crippen MR) is 79.8 cm³/mol. The molecule has 0 radical (unpaired) electrons. The molecule has 3 aromatic rings. The maximum atomic E-state index is 10.3. The summed E-state index contributed by atoms with van der Waals surface area (Å²) in [7, 11) is 0. The van der Waals surface area contributed by atoms with Crippen LogP contribution in [-0.2, 0) is 0 Å². The summed E-state index contributed by atoms with van der Waals surface area (Å²) >= 11 is 5.96. The van der Waals surface area contributed by atoms with E-state index in [1.165, 1.54) is 4.80 Å². The number of aromatic nitrogens is 3. The third kappa shape index (κ3) is 1.93. The van der Waals surface area contributed by atoms with Crippen molar-refractivity contribution >= 4 is 22.6 Å². The molecule has 4 nitrogen and oxygen atoms in total. The van der Waals surface area contributed by atoms with E-state index in [4.69, 9.17) is 11.6 Å². The zero-order chi connectivity index (χ0) is 14.4. The number of hydrogen-bond donors (Lipinski definition) is 1. The van der Waals surface area contributed by atoms with Crippen LogP contribution in [0.5, 0.6) is 5.75 Å². The van der Waals surface area contributed by atoms with Crippen LogP contribution in [0, 0.1) is 20.8 Å². The highest BCUT2D eigenvalue weighted by atomic mass is 35.5. The van der Waals surface area contributed by atoms with Crippen LogP contribution in [0.15, 0.2) is 24.3 Å². The van der Waals surface area contributed by atoms with Gasteiger partial charge in [0.2, 0.25) is 0 Å². The number of phenolic OH excluding ortho intramolecular Hbond substituents is 1. The van der Waals surface area contributed by atoms with Crippen LogP contribution in [0.3, 0.4) is 0 Å². The molecular formula is C15H14ClN3O. The second-order valence-electron chi connectivity index (χ2n) is 4.96. The molecule has 0 unspecified atom stereocenters. The highest BCUT2D eigenvalue weighted by Gasteiger charge is 2.15. The molecule has 0 atom stereocenters. The lowest BCUT2D eigenvalue weighted by Gasteiger charge is -2.12. The molecule has 0 saturated heterocycles. The lowest BCUT2D eigenvalue weighted by molar-refractivity contribution is 0.462. The standard InChI is InChI=1S/C15H14ClN3O/c1-8-6-9(2)15(20)14(10(8)3)19-17-12-5-4-11(16)7-13(12)18-19/h4-7,20H,1-3H3. The molecule has 0 aliphatic rings. The molecule has 0 aliphatic heterocycles. The van der Waals surface area contributed by atoms with E-state index < -0.39 is 0 Å². The van der Waals surface area contributed by atoms with Crippen molar-refractivity contribution in [2.75, 3.05) is 0 Å². The first-order chi connectivity index (χ1) is 9.47. The molecule has 0 aliphatic carbocycles. The molecular weight excluding hydrogens is 274 g/mol. The van der Waals surface area contributed by atoms with Crippen molar-refractivity contribution < 1.29 is 5.11 Å². The molecule has 0 bridgehead atoms. The summed E-state index contributed by atoms with van der Waals surface area (Å²) in [5.41, 5.74) is 4.93. The first-order valence-corrected chi connectivity index (χ1v) is 6.68. The maximum Gasteiger partial charge on any atom is 0.146 e. The van der Waals surface area contributed by atoms with Crippen LogP contribution in [0.2, 0.25) is 5.02 Å². The van der Waals surface area contributed by atoms with Crippen molar-refractivity contribution in [3.8, 4) is 11.4 Å². The van der Waals surface area contributed by atoms with E-state index >= 15 is 0 Å². The number of aromatic hydroxyl groups is 1. The van der Waals surface area contributed by atoms with Crippen LogP contribution in [0.25, 0.3) is 16.7 Å². The fourth-order valence-corrected chi connectivity index (χ4v) is 2.45. The molecule has 0 fully saturated rings. The third-order valence-corrected chi connectivity index (χ3v) is 3.76. The van der Waals surface area contributed by atoms with Gasteiger partial charge in [0, 0.05) is 5.02 Å². The van der Waals surface area contributed by atoms with Gasteiger partial charge in [0.1, 0.15) is 22.5 Å². The number of halogens is 1. The normalized spacial score (nSPS) is 11.2. The van der Waals surface area contributed by atoms with Crippen molar-refractivity contribution in [1.29, 1.82) is 0 Å². The largest absolute Gasteiger partial charge is 0.505 e. The average Bonchev–Trinajstić information content (AvgIpc) is 2.79. The van der Waals surface area contributed by atoms with E-state index in [-0.39, 0.29) is 5.75 Å². The van der Waals surface area contributed by atoms with Crippen LogP contribution in [0.4, 0.5) is 0 Å². The summed E-state index contributed by atoms with van der Waals surface area (Å²) in [4.78, 5) is 1.48. The summed E-state index contributed by atoms with van der Waals surface area (Å²) in [5.74, 6) is 0.208. The van der Waals surface area contributed by atoms with E-state index in [0.29, 0.717) is 16.2 Å². The SMILES string of the molecule is Cc1cc(C)c(O)c(-n2nc3ccc(Cl)cc3n2)c1C. The second-order valence-corrected chi connectivity index (χ2v) is 5.39. The van der Waals surface area contributed by atoms with Gasteiger partial charge >= 0.3 is 0 Å². The molecule has 5 heteroatoms. The third-order valence-electron chi connectivity index (χ3n) is 3.52. The quantitative estimate of drug-likeness (QED) is 0.742. The molecule has 20 heavy (non-hydrogen) atoms. The Labute approximate surface area is 121 Å². The van der Waals surface area contributed by atoms with Gasteiger partial charge in [0.25, 0.3) is 0 Å². The molecule has 0 amide bonds. The number of fused-ring (bicyclic) bond motifs is 1. The van der Waals surface area contributed by atoms with E-state index in [1.807, 2.05) is 32.9 Å². The maximum absolute atomic E-state index is 10.3. The summed E-state index contributed by atoms with van der Waals surface area (Å²) in [6, 6.07) is 7.30. The molecule has 0 spiro atoms. The van der Waals surface area contributed by atoms with Crippen molar-refractivity contribution in [2.24, 2.45) is 0 Å². The minimum absolute atomic E-state index is 0.208. The Morgan fingerprint density at radius 2 is 1.70 bits per heavy atom. The zero-order valence-electron chi connectivity index (χ0n) is 11.5. The highest BCUT2D eigenvalue weighted by molar-refractivity contribution is 6.31.